The van der Waals surface area contributed by atoms with Crippen molar-refractivity contribution in [3.05, 3.63) is 18.2 Å². The second-order valence-corrected chi connectivity index (χ2v) is 6.78. The highest BCUT2D eigenvalue weighted by Gasteiger charge is 2.48. The highest BCUT2D eigenvalue weighted by Crippen LogP contribution is 2.45. The summed E-state index contributed by atoms with van der Waals surface area (Å²) >= 11 is 0. The molecule has 0 aromatic carbocycles. The fourth-order valence-electron chi connectivity index (χ4n) is 4.02. The van der Waals surface area contributed by atoms with E-state index in [9.17, 15) is 4.79 Å². The van der Waals surface area contributed by atoms with Crippen LogP contribution in [-0.2, 0) is 9.53 Å². The van der Waals surface area contributed by atoms with E-state index in [1.807, 2.05) is 11.0 Å². The highest BCUT2D eigenvalue weighted by atomic mass is 16.5. The van der Waals surface area contributed by atoms with Crippen LogP contribution in [0.15, 0.2) is 12.4 Å². The third kappa shape index (κ3) is 3.06. The normalized spacial score (nSPS) is 22.6. The number of nitrogens with zero attached hydrogens (tertiary/aromatic N) is 5. The predicted molar refractivity (Wildman–Crippen MR) is 88.2 cm³/mol. The van der Waals surface area contributed by atoms with E-state index in [0.717, 1.165) is 44.7 Å². The van der Waals surface area contributed by atoms with E-state index in [4.69, 9.17) is 10.00 Å². The largest absolute Gasteiger partial charge is 0.384 e. The van der Waals surface area contributed by atoms with Gasteiger partial charge >= 0.3 is 0 Å². The van der Waals surface area contributed by atoms with Gasteiger partial charge in [0.05, 0.1) is 24.7 Å². The second-order valence-electron chi connectivity index (χ2n) is 6.78. The highest BCUT2D eigenvalue weighted by molar-refractivity contribution is 5.73. The molecule has 24 heavy (non-hydrogen) atoms. The van der Waals surface area contributed by atoms with Crippen LogP contribution in [0.25, 0.3) is 0 Å². The van der Waals surface area contributed by atoms with Gasteiger partial charge in [0.2, 0.25) is 11.7 Å². The summed E-state index contributed by atoms with van der Waals surface area (Å²) in [5.74, 6) is 0.738. The average Bonchev–Trinajstić information content (AvgIpc) is 2.95. The predicted octanol–water partition coefficient (Wildman–Crippen LogP) is 1.06. The number of ether oxygens (including phenoxy) is 1. The lowest BCUT2D eigenvalue weighted by atomic mass is 9.71. The number of piperidine rings is 1. The third-order valence-corrected chi connectivity index (χ3v) is 5.49. The van der Waals surface area contributed by atoms with Gasteiger partial charge in [-0.05, 0) is 18.3 Å². The summed E-state index contributed by atoms with van der Waals surface area (Å²) in [6, 6.07) is 1.94. The van der Waals surface area contributed by atoms with Crippen molar-refractivity contribution in [3.8, 4) is 6.07 Å². The Kier molecular flexibility index (Phi) is 4.67. The number of aromatic nitrogens is 2. The van der Waals surface area contributed by atoms with Crippen molar-refractivity contribution >= 4 is 11.6 Å². The maximum atomic E-state index is 11.8. The number of carbonyl (C=O) groups is 1. The topological polar surface area (TPSA) is 82.4 Å². The Morgan fingerprint density at radius 1 is 1.42 bits per heavy atom. The molecule has 0 radical (unpaired) electrons. The molecule has 0 saturated carbocycles. The van der Waals surface area contributed by atoms with Crippen LogP contribution in [0.1, 0.15) is 25.6 Å². The lowest BCUT2D eigenvalue weighted by Crippen LogP contribution is -2.45. The summed E-state index contributed by atoms with van der Waals surface area (Å²) in [5, 5.41) is 8.79. The number of nitriles is 1. The van der Waals surface area contributed by atoms with Crippen LogP contribution in [0.2, 0.25) is 0 Å². The lowest BCUT2D eigenvalue weighted by molar-refractivity contribution is -0.128. The molecule has 2 fully saturated rings. The molecule has 3 rings (SSSR count). The second kappa shape index (κ2) is 6.73. The molecule has 0 bridgehead atoms. The molecule has 128 valence electrons. The van der Waals surface area contributed by atoms with Gasteiger partial charge in [-0.2, -0.15) is 5.26 Å². The summed E-state index contributed by atoms with van der Waals surface area (Å²) < 4.78 is 5.42. The molecular formula is C17H23N5O2. The van der Waals surface area contributed by atoms with Gasteiger partial charge in [-0.1, -0.05) is 0 Å². The Labute approximate surface area is 142 Å². The summed E-state index contributed by atoms with van der Waals surface area (Å²) in [7, 11) is 1.73. The molecule has 2 aliphatic heterocycles. The molecule has 0 unspecified atom stereocenters. The number of hydrogen-bond donors (Lipinski definition) is 0. The van der Waals surface area contributed by atoms with Gasteiger partial charge in [0.25, 0.3) is 0 Å². The Bertz CT molecular complexity index is 631. The first-order valence-corrected chi connectivity index (χ1v) is 8.29. The summed E-state index contributed by atoms with van der Waals surface area (Å²) in [6.07, 6.45) is 5.47. The molecule has 1 spiro atoms. The van der Waals surface area contributed by atoms with Crippen LogP contribution in [0, 0.1) is 22.7 Å². The van der Waals surface area contributed by atoms with Crippen LogP contribution < -0.4 is 4.90 Å². The first kappa shape index (κ1) is 16.7. The summed E-state index contributed by atoms with van der Waals surface area (Å²) in [6.45, 7) is 5.77. The molecular weight excluding hydrogens is 306 g/mol. The summed E-state index contributed by atoms with van der Waals surface area (Å²) in [4.78, 5) is 24.1. The van der Waals surface area contributed by atoms with Gasteiger partial charge in [-0.15, -0.1) is 0 Å². The maximum Gasteiger partial charge on any atom is 0.232 e. The van der Waals surface area contributed by atoms with E-state index in [1.54, 1.807) is 26.4 Å². The lowest BCUT2D eigenvalue weighted by Gasteiger charge is -2.43. The fraction of sp³-hybridized carbons (Fsp3) is 0.647. The minimum atomic E-state index is 0.144. The number of rotatable bonds is 3. The SMILES string of the molecule is COC[C@@H]1CN(C(C)=O)CC12CCN(c1cnc(C#N)nc1)CC2. The van der Waals surface area contributed by atoms with E-state index in [2.05, 4.69) is 14.9 Å². The van der Waals surface area contributed by atoms with E-state index >= 15 is 0 Å². The number of amides is 1. The van der Waals surface area contributed by atoms with Crippen molar-refractivity contribution in [2.45, 2.75) is 19.8 Å². The van der Waals surface area contributed by atoms with Gasteiger partial charge < -0.3 is 14.5 Å². The molecule has 1 atom stereocenters. The molecule has 3 heterocycles. The van der Waals surface area contributed by atoms with Crippen molar-refractivity contribution in [1.29, 1.82) is 5.26 Å². The molecule has 2 saturated heterocycles. The van der Waals surface area contributed by atoms with Crippen LogP contribution in [-0.4, -0.2) is 60.7 Å². The van der Waals surface area contributed by atoms with E-state index in [0.29, 0.717) is 12.5 Å². The Morgan fingerprint density at radius 3 is 2.62 bits per heavy atom. The minimum Gasteiger partial charge on any atom is -0.384 e. The average molecular weight is 329 g/mol. The molecule has 0 N–H and O–H groups in total. The Hall–Kier alpha value is -2.20. The molecule has 1 aromatic rings. The van der Waals surface area contributed by atoms with Crippen molar-refractivity contribution in [2.24, 2.45) is 11.3 Å². The number of methoxy groups -OCH3 is 1. The number of likely N-dealkylation sites (tertiary alicyclic amines) is 1. The molecule has 1 aromatic heterocycles. The van der Waals surface area contributed by atoms with Crippen molar-refractivity contribution in [1.82, 2.24) is 14.9 Å². The van der Waals surface area contributed by atoms with Gasteiger partial charge in [0.15, 0.2) is 0 Å². The number of hydrogen-bond acceptors (Lipinski definition) is 6. The van der Waals surface area contributed by atoms with Crippen LogP contribution in [0.5, 0.6) is 0 Å². The quantitative estimate of drug-likeness (QED) is 0.825. The van der Waals surface area contributed by atoms with E-state index in [1.165, 1.54) is 0 Å². The maximum absolute atomic E-state index is 11.8. The Morgan fingerprint density at radius 2 is 2.08 bits per heavy atom. The Balaban J connectivity index is 1.70. The van der Waals surface area contributed by atoms with Crippen LogP contribution >= 0.6 is 0 Å². The molecule has 7 heteroatoms. The number of anilines is 1. The smallest absolute Gasteiger partial charge is 0.232 e. The zero-order valence-corrected chi connectivity index (χ0v) is 14.2. The molecule has 7 nitrogen and oxygen atoms in total. The third-order valence-electron chi connectivity index (χ3n) is 5.49. The van der Waals surface area contributed by atoms with Gasteiger partial charge in [-0.3, -0.25) is 4.79 Å². The first-order chi connectivity index (χ1) is 11.6. The van der Waals surface area contributed by atoms with Gasteiger partial charge in [0, 0.05) is 46.1 Å². The minimum absolute atomic E-state index is 0.144. The zero-order chi connectivity index (χ0) is 17.2. The molecule has 2 aliphatic rings. The fourth-order valence-corrected chi connectivity index (χ4v) is 4.02. The number of carbonyl (C=O) groups excluding carboxylic acids is 1. The van der Waals surface area contributed by atoms with Crippen LogP contribution in [0.3, 0.4) is 0 Å². The van der Waals surface area contributed by atoms with Crippen LogP contribution in [0.4, 0.5) is 5.69 Å². The molecule has 0 aliphatic carbocycles. The van der Waals surface area contributed by atoms with E-state index < -0.39 is 0 Å². The monoisotopic (exact) mass is 329 g/mol. The van der Waals surface area contributed by atoms with Crippen molar-refractivity contribution < 1.29 is 9.53 Å². The summed E-state index contributed by atoms with van der Waals surface area (Å²) in [5.41, 5.74) is 1.10. The molecule has 1 amide bonds. The van der Waals surface area contributed by atoms with E-state index in [-0.39, 0.29) is 17.1 Å². The van der Waals surface area contributed by atoms with Gasteiger partial charge in [-0.25, -0.2) is 9.97 Å². The first-order valence-electron chi connectivity index (χ1n) is 8.29. The standard InChI is InChI=1S/C17H23N5O2/c1-13(23)22-10-14(11-24-2)17(12-22)3-5-21(6-4-17)15-8-19-16(7-18)20-9-15/h8-9,14H,3-6,10-12H2,1-2H3/t14-/m0/s1. The van der Waals surface area contributed by atoms with Gasteiger partial charge in [0.1, 0.15) is 6.07 Å². The van der Waals surface area contributed by atoms with Crippen molar-refractivity contribution in [3.63, 3.8) is 0 Å². The zero-order valence-electron chi connectivity index (χ0n) is 14.2. The van der Waals surface area contributed by atoms with Crippen molar-refractivity contribution in [2.75, 3.05) is 44.8 Å².